The molecule has 0 saturated heterocycles. The summed E-state index contributed by atoms with van der Waals surface area (Å²) < 4.78 is 12.9. The van der Waals surface area contributed by atoms with Gasteiger partial charge in [-0.1, -0.05) is 26.0 Å². The van der Waals surface area contributed by atoms with E-state index in [1.54, 1.807) is 12.1 Å². The second kappa shape index (κ2) is 5.86. The Morgan fingerprint density at radius 2 is 2.00 bits per heavy atom. The molecule has 0 aliphatic carbocycles. The number of hydrogen-bond acceptors (Lipinski definition) is 1. The average molecular weight is 209 g/mol. The maximum Gasteiger partial charge on any atom is 0.123 e. The Morgan fingerprint density at radius 1 is 1.27 bits per heavy atom. The maximum atomic E-state index is 12.9. The molecule has 0 unspecified atom stereocenters. The van der Waals surface area contributed by atoms with Crippen LogP contribution in [-0.2, 0) is 6.42 Å². The van der Waals surface area contributed by atoms with E-state index in [0.29, 0.717) is 12.0 Å². The molecule has 0 heterocycles. The molecule has 0 fully saturated rings. The van der Waals surface area contributed by atoms with E-state index in [-0.39, 0.29) is 5.82 Å². The molecule has 1 aromatic rings. The number of rotatable bonds is 5. The Labute approximate surface area is 91.7 Å². The number of benzene rings is 1. The summed E-state index contributed by atoms with van der Waals surface area (Å²) >= 11 is 0. The first-order valence-corrected chi connectivity index (χ1v) is 5.57. The van der Waals surface area contributed by atoms with E-state index in [1.807, 2.05) is 6.07 Å². The molecule has 1 rings (SSSR count). The lowest BCUT2D eigenvalue weighted by molar-refractivity contribution is 0.430. The summed E-state index contributed by atoms with van der Waals surface area (Å²) in [6, 6.07) is 7.31. The monoisotopic (exact) mass is 209 g/mol. The van der Waals surface area contributed by atoms with Crippen molar-refractivity contribution >= 4 is 0 Å². The Hall–Kier alpha value is -0.890. The molecule has 0 saturated carbocycles. The molecule has 0 amide bonds. The van der Waals surface area contributed by atoms with Gasteiger partial charge in [0.15, 0.2) is 0 Å². The summed E-state index contributed by atoms with van der Waals surface area (Å²) in [6.45, 7) is 7.47. The van der Waals surface area contributed by atoms with Gasteiger partial charge in [0, 0.05) is 6.04 Å². The predicted molar refractivity (Wildman–Crippen MR) is 62.4 cm³/mol. The minimum absolute atomic E-state index is 0.149. The zero-order valence-electron chi connectivity index (χ0n) is 9.76. The van der Waals surface area contributed by atoms with Gasteiger partial charge < -0.3 is 5.32 Å². The summed E-state index contributed by atoms with van der Waals surface area (Å²) in [7, 11) is 0. The molecule has 0 bridgehead atoms. The van der Waals surface area contributed by atoms with Gasteiger partial charge in [0.2, 0.25) is 0 Å². The van der Waals surface area contributed by atoms with Crippen LogP contribution in [0.1, 0.15) is 26.3 Å². The van der Waals surface area contributed by atoms with Gasteiger partial charge >= 0.3 is 0 Å². The van der Waals surface area contributed by atoms with Gasteiger partial charge in [-0.05, 0) is 43.5 Å². The quantitative estimate of drug-likeness (QED) is 0.786. The second-order valence-corrected chi connectivity index (χ2v) is 4.37. The largest absolute Gasteiger partial charge is 0.314 e. The summed E-state index contributed by atoms with van der Waals surface area (Å²) in [6.07, 6.45) is 0.884. The topological polar surface area (TPSA) is 12.0 Å². The zero-order valence-corrected chi connectivity index (χ0v) is 9.76. The van der Waals surface area contributed by atoms with E-state index in [1.165, 1.54) is 6.07 Å². The minimum atomic E-state index is -0.149. The zero-order chi connectivity index (χ0) is 11.3. The van der Waals surface area contributed by atoms with Crippen molar-refractivity contribution in [2.24, 2.45) is 5.92 Å². The van der Waals surface area contributed by atoms with Crippen LogP contribution < -0.4 is 5.32 Å². The molecule has 0 spiro atoms. The Balaban J connectivity index is 2.32. The predicted octanol–water partition coefficient (Wildman–Crippen LogP) is 3.00. The van der Waals surface area contributed by atoms with Crippen molar-refractivity contribution in [3.05, 3.63) is 35.6 Å². The van der Waals surface area contributed by atoms with E-state index >= 15 is 0 Å². The SMILES string of the molecule is CC(C)[C@H](C)NCCc1cccc(F)c1. The van der Waals surface area contributed by atoms with Crippen LogP contribution in [0, 0.1) is 11.7 Å². The van der Waals surface area contributed by atoms with Crippen LogP contribution in [0.5, 0.6) is 0 Å². The van der Waals surface area contributed by atoms with Crippen LogP contribution in [0.15, 0.2) is 24.3 Å². The molecule has 15 heavy (non-hydrogen) atoms. The molecular formula is C13H20FN. The summed E-state index contributed by atoms with van der Waals surface area (Å²) in [5, 5.41) is 3.43. The van der Waals surface area contributed by atoms with Crippen molar-refractivity contribution in [2.75, 3.05) is 6.54 Å². The Bertz CT molecular complexity index is 296. The molecular weight excluding hydrogens is 189 g/mol. The Morgan fingerprint density at radius 3 is 2.60 bits per heavy atom. The molecule has 0 radical (unpaired) electrons. The molecule has 1 N–H and O–H groups in total. The highest BCUT2D eigenvalue weighted by Gasteiger charge is 2.05. The van der Waals surface area contributed by atoms with E-state index < -0.39 is 0 Å². The first-order chi connectivity index (χ1) is 7.09. The fourth-order valence-corrected chi connectivity index (χ4v) is 1.37. The van der Waals surface area contributed by atoms with Crippen LogP contribution in [-0.4, -0.2) is 12.6 Å². The van der Waals surface area contributed by atoms with E-state index in [0.717, 1.165) is 18.5 Å². The van der Waals surface area contributed by atoms with Gasteiger partial charge in [-0.15, -0.1) is 0 Å². The highest BCUT2D eigenvalue weighted by Crippen LogP contribution is 2.04. The highest BCUT2D eigenvalue weighted by molar-refractivity contribution is 5.16. The molecule has 1 atom stereocenters. The third-order valence-electron chi connectivity index (χ3n) is 2.77. The smallest absolute Gasteiger partial charge is 0.123 e. The lowest BCUT2D eigenvalue weighted by Crippen LogP contribution is -2.32. The molecule has 0 aliphatic rings. The van der Waals surface area contributed by atoms with Gasteiger partial charge in [0.25, 0.3) is 0 Å². The maximum absolute atomic E-state index is 12.9. The first kappa shape index (κ1) is 12.2. The summed E-state index contributed by atoms with van der Waals surface area (Å²) in [5.41, 5.74) is 1.05. The van der Waals surface area contributed by atoms with Crippen LogP contribution in [0.4, 0.5) is 4.39 Å². The third kappa shape index (κ3) is 4.43. The number of hydrogen-bond donors (Lipinski definition) is 1. The summed E-state index contributed by atoms with van der Waals surface area (Å²) in [4.78, 5) is 0. The van der Waals surface area contributed by atoms with Gasteiger partial charge in [-0.2, -0.15) is 0 Å². The third-order valence-corrected chi connectivity index (χ3v) is 2.77. The summed E-state index contributed by atoms with van der Waals surface area (Å²) in [5.74, 6) is 0.488. The number of nitrogens with one attached hydrogen (secondary N) is 1. The van der Waals surface area contributed by atoms with Crippen LogP contribution in [0.3, 0.4) is 0 Å². The molecule has 0 aliphatic heterocycles. The normalized spacial score (nSPS) is 13.1. The molecule has 84 valence electrons. The van der Waals surface area contributed by atoms with Gasteiger partial charge in [0.05, 0.1) is 0 Å². The van der Waals surface area contributed by atoms with Crippen molar-refractivity contribution in [1.82, 2.24) is 5.32 Å². The molecule has 2 heteroatoms. The Kier molecular flexibility index (Phi) is 4.76. The average Bonchev–Trinajstić information content (AvgIpc) is 2.17. The lowest BCUT2D eigenvalue weighted by Gasteiger charge is -2.17. The van der Waals surface area contributed by atoms with Crippen molar-refractivity contribution in [3.8, 4) is 0 Å². The van der Waals surface area contributed by atoms with Crippen molar-refractivity contribution in [2.45, 2.75) is 33.2 Å². The number of halogens is 1. The van der Waals surface area contributed by atoms with E-state index in [4.69, 9.17) is 0 Å². The van der Waals surface area contributed by atoms with Crippen LogP contribution in [0.2, 0.25) is 0 Å². The standard InChI is InChI=1S/C13H20FN/c1-10(2)11(3)15-8-7-12-5-4-6-13(14)9-12/h4-6,9-11,15H,7-8H2,1-3H3/t11-/m0/s1. The highest BCUT2D eigenvalue weighted by atomic mass is 19.1. The van der Waals surface area contributed by atoms with Crippen LogP contribution >= 0.6 is 0 Å². The fraction of sp³-hybridized carbons (Fsp3) is 0.538. The van der Waals surface area contributed by atoms with E-state index in [2.05, 4.69) is 26.1 Å². The molecule has 1 nitrogen and oxygen atoms in total. The van der Waals surface area contributed by atoms with E-state index in [9.17, 15) is 4.39 Å². The lowest BCUT2D eigenvalue weighted by atomic mass is 10.1. The van der Waals surface area contributed by atoms with Crippen molar-refractivity contribution in [1.29, 1.82) is 0 Å². The molecule has 0 aromatic heterocycles. The molecule has 1 aromatic carbocycles. The van der Waals surface area contributed by atoms with Gasteiger partial charge in [-0.3, -0.25) is 0 Å². The van der Waals surface area contributed by atoms with Gasteiger partial charge in [0.1, 0.15) is 5.82 Å². The van der Waals surface area contributed by atoms with Gasteiger partial charge in [-0.25, -0.2) is 4.39 Å². The first-order valence-electron chi connectivity index (χ1n) is 5.57. The fourth-order valence-electron chi connectivity index (χ4n) is 1.37. The van der Waals surface area contributed by atoms with Crippen LogP contribution in [0.25, 0.3) is 0 Å². The van der Waals surface area contributed by atoms with Crippen molar-refractivity contribution < 1.29 is 4.39 Å². The minimum Gasteiger partial charge on any atom is -0.314 e. The van der Waals surface area contributed by atoms with Crippen molar-refractivity contribution in [3.63, 3.8) is 0 Å². The second-order valence-electron chi connectivity index (χ2n) is 4.37.